The number of nitrogens with zero attached hydrogens (tertiary/aromatic N) is 1. The first-order chi connectivity index (χ1) is 11.3. The number of piperidine rings is 1. The molecule has 3 nitrogen and oxygen atoms in total. The zero-order chi connectivity index (χ0) is 16.1. The number of likely N-dealkylation sites (tertiary alicyclic amines) is 1. The van der Waals surface area contributed by atoms with Gasteiger partial charge in [-0.05, 0) is 42.4 Å². The number of carbonyl (C=O) groups is 1. The van der Waals surface area contributed by atoms with E-state index < -0.39 is 0 Å². The Labute approximate surface area is 137 Å². The van der Waals surface area contributed by atoms with Crippen LogP contribution in [0.1, 0.15) is 34.3 Å². The molecule has 0 spiro atoms. The molecule has 0 bridgehead atoms. The van der Waals surface area contributed by atoms with Crippen molar-refractivity contribution in [3.8, 4) is 0 Å². The lowest BCUT2D eigenvalue weighted by atomic mass is 9.96. The average Bonchev–Trinajstić information content (AvgIpc) is 2.62. The van der Waals surface area contributed by atoms with Gasteiger partial charge in [-0.25, -0.2) is 0 Å². The molecule has 120 valence electrons. The van der Waals surface area contributed by atoms with Crippen LogP contribution in [-0.2, 0) is 6.42 Å². The molecule has 1 unspecified atom stereocenters. The third kappa shape index (κ3) is 3.80. The molecule has 3 rings (SSSR count). The molecule has 1 saturated heterocycles. The molecule has 1 fully saturated rings. The molecule has 1 amide bonds. The van der Waals surface area contributed by atoms with Crippen molar-refractivity contribution in [2.75, 3.05) is 19.7 Å². The number of aliphatic hydroxyl groups is 1. The zero-order valence-corrected chi connectivity index (χ0v) is 13.3. The third-order valence-electron chi connectivity index (χ3n) is 4.55. The fourth-order valence-corrected chi connectivity index (χ4v) is 3.27. The number of hydrogen-bond acceptors (Lipinski definition) is 2. The van der Waals surface area contributed by atoms with Gasteiger partial charge >= 0.3 is 0 Å². The molecule has 1 atom stereocenters. The summed E-state index contributed by atoms with van der Waals surface area (Å²) in [7, 11) is 0. The van der Waals surface area contributed by atoms with Crippen molar-refractivity contribution in [2.24, 2.45) is 5.92 Å². The molecule has 0 aliphatic carbocycles. The Morgan fingerprint density at radius 2 is 1.83 bits per heavy atom. The van der Waals surface area contributed by atoms with Crippen molar-refractivity contribution in [1.82, 2.24) is 4.90 Å². The quantitative estimate of drug-likeness (QED) is 0.942. The van der Waals surface area contributed by atoms with Crippen LogP contribution in [0.25, 0.3) is 0 Å². The molecule has 3 heteroatoms. The summed E-state index contributed by atoms with van der Waals surface area (Å²) in [5, 5.41) is 9.37. The van der Waals surface area contributed by atoms with Crippen LogP contribution in [0.3, 0.4) is 0 Å². The Kier molecular flexibility index (Phi) is 5.09. The first kappa shape index (κ1) is 15.8. The minimum Gasteiger partial charge on any atom is -0.396 e. The van der Waals surface area contributed by atoms with Gasteiger partial charge in [0.15, 0.2) is 0 Å². The van der Waals surface area contributed by atoms with Gasteiger partial charge in [-0.3, -0.25) is 4.79 Å². The van der Waals surface area contributed by atoms with Crippen LogP contribution in [0.5, 0.6) is 0 Å². The first-order valence-electron chi connectivity index (χ1n) is 8.30. The van der Waals surface area contributed by atoms with Gasteiger partial charge in [-0.15, -0.1) is 0 Å². The molecule has 0 saturated carbocycles. The minimum atomic E-state index is 0.0923. The Hall–Kier alpha value is -2.13. The molecule has 0 radical (unpaired) electrons. The van der Waals surface area contributed by atoms with Gasteiger partial charge < -0.3 is 10.0 Å². The van der Waals surface area contributed by atoms with Gasteiger partial charge in [0, 0.05) is 25.3 Å². The highest BCUT2D eigenvalue weighted by atomic mass is 16.3. The smallest absolute Gasteiger partial charge is 0.254 e. The van der Waals surface area contributed by atoms with Crippen LogP contribution in [0.15, 0.2) is 54.6 Å². The van der Waals surface area contributed by atoms with E-state index in [0.717, 1.165) is 36.9 Å². The van der Waals surface area contributed by atoms with E-state index in [4.69, 9.17) is 0 Å². The van der Waals surface area contributed by atoms with Gasteiger partial charge in [0.05, 0.1) is 0 Å². The van der Waals surface area contributed by atoms with Crippen molar-refractivity contribution >= 4 is 5.91 Å². The van der Waals surface area contributed by atoms with E-state index in [1.165, 1.54) is 5.56 Å². The topological polar surface area (TPSA) is 40.5 Å². The lowest BCUT2D eigenvalue weighted by Gasteiger charge is -2.32. The van der Waals surface area contributed by atoms with Crippen molar-refractivity contribution < 1.29 is 9.90 Å². The molecular formula is C20H23NO2. The second-order valence-corrected chi connectivity index (χ2v) is 6.26. The average molecular weight is 309 g/mol. The summed E-state index contributed by atoms with van der Waals surface area (Å²) in [5.41, 5.74) is 3.06. The Bertz CT molecular complexity index is 654. The number of rotatable bonds is 4. The van der Waals surface area contributed by atoms with E-state index >= 15 is 0 Å². The summed E-state index contributed by atoms with van der Waals surface area (Å²) in [4.78, 5) is 14.8. The second kappa shape index (κ2) is 7.42. The summed E-state index contributed by atoms with van der Waals surface area (Å²) in [6.07, 6.45) is 2.74. The molecule has 1 aliphatic rings. The molecule has 1 aliphatic heterocycles. The van der Waals surface area contributed by atoms with Gasteiger partial charge in [-0.1, -0.05) is 48.5 Å². The normalized spacial score (nSPS) is 18.0. The maximum Gasteiger partial charge on any atom is 0.254 e. The van der Waals surface area contributed by atoms with E-state index in [2.05, 4.69) is 12.1 Å². The van der Waals surface area contributed by atoms with E-state index in [-0.39, 0.29) is 18.4 Å². The van der Waals surface area contributed by atoms with Crippen LogP contribution < -0.4 is 0 Å². The van der Waals surface area contributed by atoms with Gasteiger partial charge in [0.1, 0.15) is 0 Å². The molecule has 2 aromatic rings. The van der Waals surface area contributed by atoms with Gasteiger partial charge in [-0.2, -0.15) is 0 Å². The van der Waals surface area contributed by atoms with Crippen LogP contribution in [0, 0.1) is 5.92 Å². The Balaban J connectivity index is 1.80. The van der Waals surface area contributed by atoms with E-state index in [1.54, 1.807) is 0 Å². The van der Waals surface area contributed by atoms with Crippen molar-refractivity contribution in [3.05, 3.63) is 71.3 Å². The molecule has 2 aromatic carbocycles. The van der Waals surface area contributed by atoms with Gasteiger partial charge in [0.2, 0.25) is 0 Å². The predicted molar refractivity (Wildman–Crippen MR) is 91.4 cm³/mol. The maximum atomic E-state index is 12.9. The lowest BCUT2D eigenvalue weighted by Crippen LogP contribution is -2.41. The summed E-state index contributed by atoms with van der Waals surface area (Å²) in [6.45, 7) is 1.61. The molecule has 1 heterocycles. The number of amides is 1. The highest BCUT2D eigenvalue weighted by molar-refractivity contribution is 5.95. The third-order valence-corrected chi connectivity index (χ3v) is 4.55. The maximum absolute atomic E-state index is 12.9. The monoisotopic (exact) mass is 309 g/mol. The fourth-order valence-electron chi connectivity index (χ4n) is 3.27. The standard InChI is InChI=1S/C20H23NO2/c22-15-17-9-6-12-21(14-17)20(23)19-11-5-4-10-18(19)13-16-7-2-1-3-8-16/h1-5,7-8,10-11,17,22H,6,9,12-15H2. The zero-order valence-electron chi connectivity index (χ0n) is 13.3. The highest BCUT2D eigenvalue weighted by Gasteiger charge is 2.25. The second-order valence-electron chi connectivity index (χ2n) is 6.26. The first-order valence-corrected chi connectivity index (χ1v) is 8.30. The Morgan fingerprint density at radius 3 is 2.61 bits per heavy atom. The van der Waals surface area contributed by atoms with E-state index in [0.29, 0.717) is 6.54 Å². The minimum absolute atomic E-state index is 0.0923. The van der Waals surface area contributed by atoms with Crippen molar-refractivity contribution in [2.45, 2.75) is 19.3 Å². The molecular weight excluding hydrogens is 286 g/mol. The lowest BCUT2D eigenvalue weighted by molar-refractivity contribution is 0.0620. The fraction of sp³-hybridized carbons (Fsp3) is 0.350. The number of hydrogen-bond donors (Lipinski definition) is 1. The van der Waals surface area contributed by atoms with Crippen LogP contribution in [-0.4, -0.2) is 35.6 Å². The van der Waals surface area contributed by atoms with Crippen molar-refractivity contribution in [3.63, 3.8) is 0 Å². The Morgan fingerprint density at radius 1 is 1.09 bits per heavy atom. The van der Waals surface area contributed by atoms with E-state index in [9.17, 15) is 9.90 Å². The van der Waals surface area contributed by atoms with Crippen LogP contribution in [0.4, 0.5) is 0 Å². The van der Waals surface area contributed by atoms with Gasteiger partial charge in [0.25, 0.3) is 5.91 Å². The van der Waals surface area contributed by atoms with E-state index in [1.807, 2.05) is 47.4 Å². The molecule has 0 aromatic heterocycles. The molecule has 23 heavy (non-hydrogen) atoms. The highest BCUT2D eigenvalue weighted by Crippen LogP contribution is 2.21. The summed E-state index contributed by atoms with van der Waals surface area (Å²) >= 11 is 0. The number of carbonyl (C=O) groups excluding carboxylic acids is 1. The van der Waals surface area contributed by atoms with Crippen LogP contribution >= 0.6 is 0 Å². The number of aliphatic hydroxyl groups excluding tert-OH is 1. The number of benzene rings is 2. The predicted octanol–water partition coefficient (Wildman–Crippen LogP) is 3.12. The SMILES string of the molecule is O=C(c1ccccc1Cc1ccccc1)N1CCCC(CO)C1. The summed E-state index contributed by atoms with van der Waals surface area (Å²) < 4.78 is 0. The van der Waals surface area contributed by atoms with Crippen LogP contribution in [0.2, 0.25) is 0 Å². The summed E-state index contributed by atoms with van der Waals surface area (Å²) in [5.74, 6) is 0.309. The largest absolute Gasteiger partial charge is 0.396 e. The molecule has 1 N–H and O–H groups in total. The summed E-state index contributed by atoms with van der Waals surface area (Å²) in [6, 6.07) is 18.1. The van der Waals surface area contributed by atoms with Crippen molar-refractivity contribution in [1.29, 1.82) is 0 Å².